The molecule has 0 fully saturated rings. The number of halogens is 3. The Morgan fingerprint density at radius 2 is 1.86 bits per heavy atom. The molecule has 150 valence electrons. The number of anilines is 2. The van der Waals surface area contributed by atoms with Crippen molar-refractivity contribution < 1.29 is 22.7 Å². The molecule has 1 aromatic heterocycles. The number of nitrogens with one attached hydrogen (secondary N) is 1. The minimum Gasteiger partial charge on any atom is -0.465 e. The van der Waals surface area contributed by atoms with Crippen molar-refractivity contribution in [2.75, 3.05) is 12.4 Å². The van der Waals surface area contributed by atoms with Crippen molar-refractivity contribution in [2.45, 2.75) is 13.5 Å². The number of benzene rings is 2. The quantitative estimate of drug-likeness (QED) is 0.520. The predicted octanol–water partition coefficient (Wildman–Crippen LogP) is 2.94. The summed E-state index contributed by atoms with van der Waals surface area (Å²) in [5, 5.41) is 6.79. The van der Waals surface area contributed by atoms with Crippen LogP contribution in [0, 0.1) is 24.4 Å². The molecular formula is C19H15F3N4O3. The van der Waals surface area contributed by atoms with Crippen molar-refractivity contribution in [2.24, 2.45) is 0 Å². The molecule has 7 nitrogen and oxygen atoms in total. The van der Waals surface area contributed by atoms with Crippen LogP contribution in [0.15, 0.2) is 41.3 Å². The fourth-order valence-corrected chi connectivity index (χ4v) is 2.57. The standard InChI is InChI=1S/C19H15F3N4O3/c1-10-3-4-12(18(28)29-2)7-15(10)24-19-25-16(27)8-23-26(19)9-11-5-13(20)17(22)14(21)6-11/h3-8H,9H2,1-2H3,(H,24,25,27). The number of aryl methyl sites for hydroxylation is 1. The normalized spacial score (nSPS) is 10.7. The maximum atomic E-state index is 13.5. The molecule has 1 N–H and O–H groups in total. The van der Waals surface area contributed by atoms with E-state index in [2.05, 4.69) is 20.1 Å². The molecule has 0 amide bonds. The van der Waals surface area contributed by atoms with Gasteiger partial charge in [-0.25, -0.2) is 22.6 Å². The van der Waals surface area contributed by atoms with Crippen LogP contribution in [0.5, 0.6) is 0 Å². The lowest BCUT2D eigenvalue weighted by Crippen LogP contribution is -2.20. The number of methoxy groups -OCH3 is 1. The second-order valence-corrected chi connectivity index (χ2v) is 6.10. The number of hydrogen-bond donors (Lipinski definition) is 1. The highest BCUT2D eigenvalue weighted by atomic mass is 19.2. The Morgan fingerprint density at radius 1 is 1.17 bits per heavy atom. The van der Waals surface area contributed by atoms with Gasteiger partial charge in [-0.1, -0.05) is 6.07 Å². The first-order chi connectivity index (χ1) is 13.8. The molecule has 0 saturated carbocycles. The monoisotopic (exact) mass is 404 g/mol. The maximum absolute atomic E-state index is 13.5. The molecule has 0 spiro atoms. The number of aromatic nitrogens is 3. The van der Waals surface area contributed by atoms with Crippen LogP contribution in [0.1, 0.15) is 21.5 Å². The smallest absolute Gasteiger partial charge is 0.337 e. The Balaban J connectivity index is 1.98. The molecule has 0 bridgehead atoms. The van der Waals surface area contributed by atoms with E-state index in [9.17, 15) is 22.8 Å². The van der Waals surface area contributed by atoms with Gasteiger partial charge in [-0.15, -0.1) is 0 Å². The van der Waals surface area contributed by atoms with Gasteiger partial charge in [0.1, 0.15) is 6.20 Å². The first kappa shape index (κ1) is 20.1. The molecule has 0 radical (unpaired) electrons. The zero-order chi connectivity index (χ0) is 21.1. The van der Waals surface area contributed by atoms with E-state index >= 15 is 0 Å². The van der Waals surface area contributed by atoms with Gasteiger partial charge in [0.25, 0.3) is 5.56 Å². The van der Waals surface area contributed by atoms with Crippen molar-refractivity contribution >= 4 is 17.6 Å². The first-order valence-corrected chi connectivity index (χ1v) is 8.32. The summed E-state index contributed by atoms with van der Waals surface area (Å²) in [6.45, 7) is 1.56. The molecule has 0 atom stereocenters. The van der Waals surface area contributed by atoms with Crippen LogP contribution in [-0.2, 0) is 11.3 Å². The van der Waals surface area contributed by atoms with E-state index in [0.29, 0.717) is 5.69 Å². The number of carbonyl (C=O) groups is 1. The van der Waals surface area contributed by atoms with E-state index < -0.39 is 29.0 Å². The Bertz CT molecular complexity index is 1120. The van der Waals surface area contributed by atoms with Gasteiger partial charge in [-0.3, -0.25) is 4.79 Å². The highest BCUT2D eigenvalue weighted by Crippen LogP contribution is 2.22. The second kappa shape index (κ2) is 8.13. The number of esters is 1. The van der Waals surface area contributed by atoms with Crippen LogP contribution in [-0.4, -0.2) is 27.8 Å². The van der Waals surface area contributed by atoms with E-state index in [1.165, 1.54) is 17.9 Å². The maximum Gasteiger partial charge on any atom is 0.337 e. The van der Waals surface area contributed by atoms with Gasteiger partial charge in [0.15, 0.2) is 17.5 Å². The van der Waals surface area contributed by atoms with Gasteiger partial charge in [-0.05, 0) is 42.3 Å². The van der Waals surface area contributed by atoms with Crippen LogP contribution < -0.4 is 10.9 Å². The summed E-state index contributed by atoms with van der Waals surface area (Å²) >= 11 is 0. The highest BCUT2D eigenvalue weighted by molar-refractivity contribution is 5.91. The first-order valence-electron chi connectivity index (χ1n) is 8.32. The zero-order valence-electron chi connectivity index (χ0n) is 15.4. The summed E-state index contributed by atoms with van der Waals surface area (Å²) in [7, 11) is 1.25. The minimum atomic E-state index is -1.58. The molecule has 3 aromatic rings. The van der Waals surface area contributed by atoms with E-state index in [1.807, 2.05) is 0 Å². The SMILES string of the molecule is COC(=O)c1ccc(C)c(Nc2nc(=O)cnn2Cc2cc(F)c(F)c(F)c2)c1. The molecule has 10 heteroatoms. The molecule has 0 aliphatic rings. The summed E-state index contributed by atoms with van der Waals surface area (Å²) in [4.78, 5) is 27.2. The van der Waals surface area contributed by atoms with Crippen LogP contribution >= 0.6 is 0 Å². The summed E-state index contributed by atoms with van der Waals surface area (Å²) in [5.41, 5.74) is 0.852. The average molecular weight is 404 g/mol. The molecule has 0 aliphatic carbocycles. The van der Waals surface area contributed by atoms with Gasteiger partial charge >= 0.3 is 5.97 Å². The number of rotatable bonds is 5. The molecule has 1 heterocycles. The van der Waals surface area contributed by atoms with Crippen LogP contribution in [0.2, 0.25) is 0 Å². The van der Waals surface area contributed by atoms with Gasteiger partial charge in [0, 0.05) is 5.69 Å². The largest absolute Gasteiger partial charge is 0.465 e. The van der Waals surface area contributed by atoms with Crippen LogP contribution in [0.25, 0.3) is 0 Å². The van der Waals surface area contributed by atoms with E-state index in [1.54, 1.807) is 19.1 Å². The molecule has 0 saturated heterocycles. The van der Waals surface area contributed by atoms with Gasteiger partial charge in [-0.2, -0.15) is 10.1 Å². The lowest BCUT2D eigenvalue weighted by atomic mass is 10.1. The Labute approximate surface area is 162 Å². The molecule has 29 heavy (non-hydrogen) atoms. The molecule has 0 unspecified atom stereocenters. The topological polar surface area (TPSA) is 86.1 Å². The predicted molar refractivity (Wildman–Crippen MR) is 97.5 cm³/mol. The fraction of sp³-hybridized carbons (Fsp3) is 0.158. The van der Waals surface area contributed by atoms with Crippen molar-refractivity contribution in [1.82, 2.24) is 14.8 Å². The van der Waals surface area contributed by atoms with Gasteiger partial charge in [0.2, 0.25) is 5.95 Å². The second-order valence-electron chi connectivity index (χ2n) is 6.10. The lowest BCUT2D eigenvalue weighted by Gasteiger charge is -2.15. The number of hydrogen-bond acceptors (Lipinski definition) is 6. The minimum absolute atomic E-state index is 0.0345. The third-order valence-electron chi connectivity index (χ3n) is 4.05. The van der Waals surface area contributed by atoms with Crippen molar-refractivity contribution in [1.29, 1.82) is 0 Å². The third-order valence-corrected chi connectivity index (χ3v) is 4.05. The van der Waals surface area contributed by atoms with E-state index in [0.717, 1.165) is 23.9 Å². The fourth-order valence-electron chi connectivity index (χ4n) is 2.57. The Kier molecular flexibility index (Phi) is 5.62. The number of ether oxygens (including phenoxy) is 1. The molecular weight excluding hydrogens is 389 g/mol. The summed E-state index contributed by atoms with van der Waals surface area (Å²) in [6, 6.07) is 6.39. The summed E-state index contributed by atoms with van der Waals surface area (Å²) < 4.78 is 46.0. The Morgan fingerprint density at radius 3 is 2.52 bits per heavy atom. The van der Waals surface area contributed by atoms with E-state index in [4.69, 9.17) is 0 Å². The molecule has 2 aromatic carbocycles. The highest BCUT2D eigenvalue weighted by Gasteiger charge is 2.14. The van der Waals surface area contributed by atoms with Gasteiger partial charge < -0.3 is 10.1 Å². The molecule has 0 aliphatic heterocycles. The lowest BCUT2D eigenvalue weighted by molar-refractivity contribution is 0.0601. The Hall–Kier alpha value is -3.69. The summed E-state index contributed by atoms with van der Waals surface area (Å²) in [6.07, 6.45) is 0.930. The van der Waals surface area contributed by atoms with Crippen LogP contribution in [0.3, 0.4) is 0 Å². The van der Waals surface area contributed by atoms with Crippen LogP contribution in [0.4, 0.5) is 24.8 Å². The number of carbonyl (C=O) groups excluding carboxylic acids is 1. The average Bonchev–Trinajstić information content (AvgIpc) is 2.69. The molecule has 3 rings (SSSR count). The summed E-state index contributed by atoms with van der Waals surface area (Å²) in [5.74, 6) is -4.85. The zero-order valence-corrected chi connectivity index (χ0v) is 15.4. The van der Waals surface area contributed by atoms with Crippen molar-refractivity contribution in [3.8, 4) is 0 Å². The van der Waals surface area contributed by atoms with Crippen molar-refractivity contribution in [3.63, 3.8) is 0 Å². The number of nitrogens with zero attached hydrogens (tertiary/aromatic N) is 3. The third kappa shape index (κ3) is 4.42. The van der Waals surface area contributed by atoms with E-state index in [-0.39, 0.29) is 23.6 Å². The van der Waals surface area contributed by atoms with Gasteiger partial charge in [0.05, 0.1) is 19.2 Å². The van der Waals surface area contributed by atoms with Crippen molar-refractivity contribution in [3.05, 3.63) is 81.0 Å².